The molecular weight excluding hydrogens is 242 g/mol. The summed E-state index contributed by atoms with van der Waals surface area (Å²) in [5.41, 5.74) is 2.42. The minimum atomic E-state index is -0.597. The van der Waals surface area contributed by atoms with Crippen molar-refractivity contribution in [1.29, 1.82) is 0 Å². The van der Waals surface area contributed by atoms with Crippen LogP contribution in [0.4, 0.5) is 0 Å². The Morgan fingerprint density at radius 2 is 1.68 bits per heavy atom. The number of aliphatic hydroxyl groups excluding tert-OH is 2. The van der Waals surface area contributed by atoms with Crippen LogP contribution >= 0.6 is 0 Å². The number of hydrogen-bond donors (Lipinski definition) is 2. The fraction of sp³-hybridized carbons (Fsp3) is 0.600. The predicted octanol–water partition coefficient (Wildman–Crippen LogP) is 1.11. The second kappa shape index (κ2) is 6.37. The Morgan fingerprint density at radius 1 is 1.11 bits per heavy atom. The first-order chi connectivity index (χ1) is 9.04. The lowest BCUT2D eigenvalue weighted by Crippen LogP contribution is -2.24. The third-order valence-corrected chi connectivity index (χ3v) is 3.42. The minimum absolute atomic E-state index is 0.560. The zero-order valence-corrected chi connectivity index (χ0v) is 11.7. The average Bonchev–Trinajstić information content (AvgIpc) is 2.63. The van der Waals surface area contributed by atoms with Crippen molar-refractivity contribution in [3.63, 3.8) is 0 Å². The third-order valence-electron chi connectivity index (χ3n) is 3.42. The number of nitrogens with zero attached hydrogens (tertiary/aromatic N) is 1. The molecule has 0 aromatic heterocycles. The number of aliphatic hydroxyl groups is 2. The van der Waals surface area contributed by atoms with Crippen LogP contribution in [0.3, 0.4) is 0 Å². The van der Waals surface area contributed by atoms with Crippen LogP contribution in [0.15, 0.2) is 18.2 Å². The van der Waals surface area contributed by atoms with E-state index in [1.165, 1.54) is 11.1 Å². The van der Waals surface area contributed by atoms with Gasteiger partial charge in [-0.3, -0.25) is 4.90 Å². The molecule has 1 aromatic rings. The highest BCUT2D eigenvalue weighted by molar-refractivity contribution is 5.32. The fourth-order valence-electron chi connectivity index (χ4n) is 2.52. The van der Waals surface area contributed by atoms with E-state index in [2.05, 4.69) is 24.8 Å². The molecule has 1 fully saturated rings. The van der Waals surface area contributed by atoms with Crippen LogP contribution in [0, 0.1) is 13.8 Å². The Labute approximate surface area is 114 Å². The molecule has 4 heteroatoms. The van der Waals surface area contributed by atoms with Gasteiger partial charge in [-0.05, 0) is 43.5 Å². The Bertz CT molecular complexity index is 392. The summed E-state index contributed by atoms with van der Waals surface area (Å²) in [5.74, 6) is 0.916. The molecule has 0 spiro atoms. The average molecular weight is 265 g/mol. The molecule has 2 atom stereocenters. The van der Waals surface area contributed by atoms with Gasteiger partial charge in [0, 0.05) is 19.6 Å². The van der Waals surface area contributed by atoms with E-state index in [0.717, 1.165) is 18.7 Å². The highest BCUT2D eigenvalue weighted by atomic mass is 16.5. The number of aryl methyl sites for hydroxylation is 2. The highest BCUT2D eigenvalue weighted by Crippen LogP contribution is 2.16. The summed E-state index contributed by atoms with van der Waals surface area (Å²) in [7, 11) is 0. The number of rotatable bonds is 5. The molecule has 2 rings (SSSR count). The molecule has 1 saturated heterocycles. The lowest BCUT2D eigenvalue weighted by Gasteiger charge is -2.15. The number of benzene rings is 1. The topological polar surface area (TPSA) is 52.9 Å². The molecule has 0 aliphatic carbocycles. The van der Waals surface area contributed by atoms with E-state index < -0.39 is 12.2 Å². The Kier molecular flexibility index (Phi) is 4.80. The van der Waals surface area contributed by atoms with Gasteiger partial charge in [0.1, 0.15) is 5.75 Å². The van der Waals surface area contributed by atoms with Crippen LogP contribution in [-0.4, -0.2) is 53.6 Å². The summed E-state index contributed by atoms with van der Waals surface area (Å²) in [6, 6.07) is 6.20. The summed E-state index contributed by atoms with van der Waals surface area (Å²) >= 11 is 0. The van der Waals surface area contributed by atoms with E-state index in [4.69, 9.17) is 4.74 Å². The normalized spacial score (nSPS) is 23.8. The van der Waals surface area contributed by atoms with Crippen molar-refractivity contribution in [3.8, 4) is 5.75 Å². The molecule has 19 heavy (non-hydrogen) atoms. The number of β-amino-alcohol motifs (C(OH)–C–C–N with tert-alkyl or cyclic N) is 2. The van der Waals surface area contributed by atoms with Crippen LogP contribution in [0.5, 0.6) is 5.75 Å². The van der Waals surface area contributed by atoms with Gasteiger partial charge < -0.3 is 14.9 Å². The monoisotopic (exact) mass is 265 g/mol. The molecule has 0 saturated carbocycles. The van der Waals surface area contributed by atoms with Crippen LogP contribution in [-0.2, 0) is 0 Å². The molecule has 4 nitrogen and oxygen atoms in total. The number of ether oxygens (including phenoxy) is 1. The van der Waals surface area contributed by atoms with Crippen LogP contribution in [0.2, 0.25) is 0 Å². The molecule has 1 aliphatic rings. The molecule has 0 amide bonds. The van der Waals surface area contributed by atoms with Crippen molar-refractivity contribution >= 4 is 0 Å². The van der Waals surface area contributed by atoms with Crippen molar-refractivity contribution < 1.29 is 14.9 Å². The molecule has 1 aliphatic heterocycles. The highest BCUT2D eigenvalue weighted by Gasteiger charge is 2.28. The summed E-state index contributed by atoms with van der Waals surface area (Å²) in [6.45, 7) is 6.75. The van der Waals surface area contributed by atoms with Gasteiger partial charge in [0.05, 0.1) is 18.8 Å². The quantitative estimate of drug-likeness (QED) is 0.783. The Balaban J connectivity index is 1.69. The summed E-state index contributed by atoms with van der Waals surface area (Å²) in [6.07, 6.45) is -0.299. The third kappa shape index (κ3) is 4.20. The SMILES string of the molecule is Cc1cc(C)cc(OCCCN2CC(O)C(O)C2)c1. The van der Waals surface area contributed by atoms with Crippen molar-refractivity contribution in [2.45, 2.75) is 32.5 Å². The summed E-state index contributed by atoms with van der Waals surface area (Å²) < 4.78 is 5.73. The van der Waals surface area contributed by atoms with Gasteiger partial charge in [-0.2, -0.15) is 0 Å². The largest absolute Gasteiger partial charge is 0.494 e. The fourth-order valence-corrected chi connectivity index (χ4v) is 2.52. The van der Waals surface area contributed by atoms with Gasteiger partial charge in [-0.15, -0.1) is 0 Å². The lowest BCUT2D eigenvalue weighted by atomic mass is 10.1. The van der Waals surface area contributed by atoms with E-state index in [-0.39, 0.29) is 0 Å². The van der Waals surface area contributed by atoms with Crippen molar-refractivity contribution in [3.05, 3.63) is 29.3 Å². The molecule has 2 N–H and O–H groups in total. The molecule has 0 radical (unpaired) electrons. The first kappa shape index (κ1) is 14.3. The zero-order chi connectivity index (χ0) is 13.8. The maximum atomic E-state index is 9.44. The van der Waals surface area contributed by atoms with Crippen molar-refractivity contribution in [2.24, 2.45) is 0 Å². The molecule has 2 unspecified atom stereocenters. The summed E-state index contributed by atoms with van der Waals surface area (Å²) in [5, 5.41) is 18.9. The van der Waals surface area contributed by atoms with E-state index in [9.17, 15) is 10.2 Å². The minimum Gasteiger partial charge on any atom is -0.494 e. The van der Waals surface area contributed by atoms with Crippen LogP contribution in [0.25, 0.3) is 0 Å². The predicted molar refractivity (Wildman–Crippen MR) is 74.5 cm³/mol. The molecule has 0 bridgehead atoms. The first-order valence-electron chi connectivity index (χ1n) is 6.84. The van der Waals surface area contributed by atoms with E-state index in [1.54, 1.807) is 0 Å². The lowest BCUT2D eigenvalue weighted by molar-refractivity contribution is 0.0572. The van der Waals surface area contributed by atoms with Gasteiger partial charge in [0.15, 0.2) is 0 Å². The van der Waals surface area contributed by atoms with E-state index in [0.29, 0.717) is 19.7 Å². The van der Waals surface area contributed by atoms with E-state index in [1.807, 2.05) is 12.1 Å². The Hall–Kier alpha value is -1.10. The summed E-state index contributed by atoms with van der Waals surface area (Å²) in [4.78, 5) is 2.07. The van der Waals surface area contributed by atoms with Crippen molar-refractivity contribution in [1.82, 2.24) is 4.90 Å². The van der Waals surface area contributed by atoms with Gasteiger partial charge in [-0.25, -0.2) is 0 Å². The standard InChI is InChI=1S/C15H23NO3/c1-11-6-12(2)8-13(7-11)19-5-3-4-16-9-14(17)15(18)10-16/h6-8,14-15,17-18H,3-5,9-10H2,1-2H3. The zero-order valence-electron chi connectivity index (χ0n) is 11.7. The first-order valence-corrected chi connectivity index (χ1v) is 6.84. The van der Waals surface area contributed by atoms with Crippen molar-refractivity contribution in [2.75, 3.05) is 26.2 Å². The van der Waals surface area contributed by atoms with Gasteiger partial charge in [0.25, 0.3) is 0 Å². The van der Waals surface area contributed by atoms with Gasteiger partial charge in [0.2, 0.25) is 0 Å². The molecule has 1 heterocycles. The van der Waals surface area contributed by atoms with E-state index >= 15 is 0 Å². The number of hydrogen-bond acceptors (Lipinski definition) is 4. The second-order valence-electron chi connectivity index (χ2n) is 5.42. The van der Waals surface area contributed by atoms with Crippen LogP contribution < -0.4 is 4.74 Å². The maximum absolute atomic E-state index is 9.44. The second-order valence-corrected chi connectivity index (χ2v) is 5.42. The van der Waals surface area contributed by atoms with Gasteiger partial charge >= 0.3 is 0 Å². The molecule has 1 aromatic carbocycles. The smallest absolute Gasteiger partial charge is 0.119 e. The molecular formula is C15H23NO3. The van der Waals surface area contributed by atoms with Crippen LogP contribution in [0.1, 0.15) is 17.5 Å². The number of likely N-dealkylation sites (tertiary alicyclic amines) is 1. The van der Waals surface area contributed by atoms with Gasteiger partial charge in [-0.1, -0.05) is 6.07 Å². The Morgan fingerprint density at radius 3 is 2.26 bits per heavy atom. The maximum Gasteiger partial charge on any atom is 0.119 e. The molecule has 106 valence electrons.